The second-order valence-electron chi connectivity index (χ2n) is 6.87. The van der Waals surface area contributed by atoms with Crippen LogP contribution in [0.25, 0.3) is 0 Å². The van der Waals surface area contributed by atoms with Crippen LogP contribution in [-0.2, 0) is 10.0 Å². The first-order valence-electron chi connectivity index (χ1n) is 9.70. The van der Waals surface area contributed by atoms with Crippen LogP contribution in [0, 0.1) is 0 Å². The molecule has 0 spiro atoms. The van der Waals surface area contributed by atoms with Crippen LogP contribution in [0.3, 0.4) is 0 Å². The van der Waals surface area contributed by atoms with Gasteiger partial charge in [0.15, 0.2) is 0 Å². The van der Waals surface area contributed by atoms with Gasteiger partial charge in [0.1, 0.15) is 5.75 Å². The summed E-state index contributed by atoms with van der Waals surface area (Å²) in [5.41, 5.74) is 0.707. The molecule has 30 heavy (non-hydrogen) atoms. The molecule has 2 amide bonds. The van der Waals surface area contributed by atoms with Crippen LogP contribution in [0.4, 0.5) is 0 Å². The van der Waals surface area contributed by atoms with Gasteiger partial charge in [-0.05, 0) is 62.2 Å². The molecule has 0 aliphatic rings. The van der Waals surface area contributed by atoms with Crippen molar-refractivity contribution < 1.29 is 23.1 Å². The van der Waals surface area contributed by atoms with Crippen molar-refractivity contribution in [2.75, 3.05) is 13.1 Å². The Labute approximate surface area is 176 Å². The number of carbonyl (C=O) groups is 2. The zero-order valence-electron chi connectivity index (χ0n) is 17.0. The number of aromatic hydroxyl groups is 1. The smallest absolute Gasteiger partial charge is 0.251 e. The standard InChI is InChI=1S/C21H27N3O5S/c1-3-15(2)24-30(28,29)19-10-8-16(9-11-19)20(26)22-12-5-13-23-21(27)17-6-4-7-18(25)14-17/h4,6-11,14-15,24-25H,3,5,12-13H2,1-2H3,(H,22,26)(H,23,27). The van der Waals surface area contributed by atoms with Crippen molar-refractivity contribution in [3.05, 3.63) is 59.7 Å². The number of phenolic OH excluding ortho intramolecular Hbond substituents is 1. The molecule has 0 saturated carbocycles. The van der Waals surface area contributed by atoms with E-state index in [1.54, 1.807) is 19.1 Å². The molecule has 1 unspecified atom stereocenters. The molecule has 0 heterocycles. The molecule has 0 saturated heterocycles. The highest BCUT2D eigenvalue weighted by Crippen LogP contribution is 2.12. The summed E-state index contributed by atoms with van der Waals surface area (Å²) in [6, 6.07) is 11.6. The summed E-state index contributed by atoms with van der Waals surface area (Å²) in [5.74, 6) is -0.613. The number of benzene rings is 2. The summed E-state index contributed by atoms with van der Waals surface area (Å²) in [5, 5.41) is 14.8. The van der Waals surface area contributed by atoms with Crippen molar-refractivity contribution in [1.29, 1.82) is 0 Å². The number of hydrogen-bond acceptors (Lipinski definition) is 5. The molecule has 0 bridgehead atoms. The molecule has 0 aliphatic carbocycles. The summed E-state index contributed by atoms with van der Waals surface area (Å²) < 4.78 is 27.1. The Balaban J connectivity index is 1.78. The van der Waals surface area contributed by atoms with E-state index in [0.717, 1.165) is 0 Å². The minimum atomic E-state index is -3.61. The van der Waals surface area contributed by atoms with Crippen molar-refractivity contribution in [3.8, 4) is 5.75 Å². The normalized spacial score (nSPS) is 12.2. The Morgan fingerprint density at radius 2 is 1.57 bits per heavy atom. The highest BCUT2D eigenvalue weighted by Gasteiger charge is 2.17. The van der Waals surface area contributed by atoms with E-state index in [1.165, 1.54) is 36.4 Å². The van der Waals surface area contributed by atoms with Gasteiger partial charge in [0.05, 0.1) is 4.90 Å². The second kappa shape index (κ2) is 10.7. The third-order valence-corrected chi connectivity index (χ3v) is 6.03. The summed E-state index contributed by atoms with van der Waals surface area (Å²) in [7, 11) is -3.61. The minimum Gasteiger partial charge on any atom is -0.508 e. The molecular formula is C21H27N3O5S. The topological polar surface area (TPSA) is 125 Å². The van der Waals surface area contributed by atoms with Crippen LogP contribution in [0.1, 0.15) is 47.4 Å². The highest BCUT2D eigenvalue weighted by molar-refractivity contribution is 7.89. The van der Waals surface area contributed by atoms with Gasteiger partial charge >= 0.3 is 0 Å². The highest BCUT2D eigenvalue weighted by atomic mass is 32.2. The molecule has 162 valence electrons. The van der Waals surface area contributed by atoms with Crippen LogP contribution >= 0.6 is 0 Å². The fourth-order valence-corrected chi connectivity index (χ4v) is 3.87. The van der Waals surface area contributed by atoms with Gasteiger partial charge in [-0.15, -0.1) is 0 Å². The van der Waals surface area contributed by atoms with Gasteiger partial charge in [0.25, 0.3) is 11.8 Å². The van der Waals surface area contributed by atoms with Crippen molar-refractivity contribution in [3.63, 3.8) is 0 Å². The largest absolute Gasteiger partial charge is 0.508 e. The maximum absolute atomic E-state index is 12.2. The fraction of sp³-hybridized carbons (Fsp3) is 0.333. The van der Waals surface area contributed by atoms with Gasteiger partial charge in [0.2, 0.25) is 10.0 Å². The SMILES string of the molecule is CCC(C)NS(=O)(=O)c1ccc(C(=O)NCCCNC(=O)c2cccc(O)c2)cc1. The van der Waals surface area contributed by atoms with E-state index in [-0.39, 0.29) is 28.5 Å². The van der Waals surface area contributed by atoms with E-state index in [0.29, 0.717) is 37.1 Å². The molecule has 9 heteroatoms. The van der Waals surface area contributed by atoms with Crippen LogP contribution in [0.2, 0.25) is 0 Å². The third-order valence-electron chi connectivity index (χ3n) is 4.43. The fourth-order valence-electron chi connectivity index (χ4n) is 2.55. The van der Waals surface area contributed by atoms with Crippen molar-refractivity contribution in [1.82, 2.24) is 15.4 Å². The van der Waals surface area contributed by atoms with Crippen molar-refractivity contribution >= 4 is 21.8 Å². The van der Waals surface area contributed by atoms with Crippen LogP contribution < -0.4 is 15.4 Å². The lowest BCUT2D eigenvalue weighted by Gasteiger charge is -2.12. The molecule has 0 radical (unpaired) electrons. The summed E-state index contributed by atoms with van der Waals surface area (Å²) in [6.07, 6.45) is 1.19. The van der Waals surface area contributed by atoms with Crippen molar-refractivity contribution in [2.45, 2.75) is 37.6 Å². The lowest BCUT2D eigenvalue weighted by atomic mass is 10.2. The van der Waals surface area contributed by atoms with Gasteiger partial charge in [-0.2, -0.15) is 0 Å². The predicted octanol–water partition coefficient (Wildman–Crippen LogP) is 2.02. The quantitative estimate of drug-likeness (QED) is 0.427. The first kappa shape index (κ1) is 23.4. The molecule has 0 aliphatic heterocycles. The number of hydrogen-bond donors (Lipinski definition) is 4. The molecule has 0 fully saturated rings. The monoisotopic (exact) mass is 433 g/mol. The summed E-state index contributed by atoms with van der Waals surface area (Å²) in [4.78, 5) is 24.3. The number of nitrogens with one attached hydrogen (secondary N) is 3. The number of sulfonamides is 1. The van der Waals surface area contributed by atoms with E-state index in [9.17, 15) is 23.1 Å². The summed E-state index contributed by atoms with van der Waals surface area (Å²) in [6.45, 7) is 4.37. The van der Waals surface area contributed by atoms with Gasteiger partial charge < -0.3 is 15.7 Å². The number of phenols is 1. The van der Waals surface area contributed by atoms with Gasteiger partial charge in [-0.25, -0.2) is 13.1 Å². The van der Waals surface area contributed by atoms with E-state index in [4.69, 9.17) is 0 Å². The Morgan fingerprint density at radius 3 is 2.13 bits per heavy atom. The van der Waals surface area contributed by atoms with Crippen LogP contribution in [0.5, 0.6) is 5.75 Å². The lowest BCUT2D eigenvalue weighted by Crippen LogP contribution is -2.32. The van der Waals surface area contributed by atoms with E-state index >= 15 is 0 Å². The second-order valence-corrected chi connectivity index (χ2v) is 8.58. The van der Waals surface area contributed by atoms with Crippen LogP contribution in [-0.4, -0.2) is 44.5 Å². The average molecular weight is 434 g/mol. The molecule has 1 atom stereocenters. The maximum atomic E-state index is 12.2. The first-order valence-corrected chi connectivity index (χ1v) is 11.2. The van der Waals surface area contributed by atoms with Crippen LogP contribution in [0.15, 0.2) is 53.4 Å². The molecule has 2 aromatic rings. The Hall–Kier alpha value is -2.91. The number of carbonyl (C=O) groups excluding carboxylic acids is 2. The molecule has 2 rings (SSSR count). The molecule has 0 aromatic heterocycles. The molecule has 8 nitrogen and oxygen atoms in total. The van der Waals surface area contributed by atoms with E-state index in [1.807, 2.05) is 6.92 Å². The van der Waals surface area contributed by atoms with E-state index in [2.05, 4.69) is 15.4 Å². The molecule has 4 N–H and O–H groups in total. The van der Waals surface area contributed by atoms with Crippen molar-refractivity contribution in [2.24, 2.45) is 0 Å². The molecular weight excluding hydrogens is 406 g/mol. The lowest BCUT2D eigenvalue weighted by molar-refractivity contribution is 0.0951. The summed E-state index contributed by atoms with van der Waals surface area (Å²) >= 11 is 0. The third kappa shape index (κ3) is 6.85. The van der Waals surface area contributed by atoms with Gasteiger partial charge in [-0.3, -0.25) is 9.59 Å². The predicted molar refractivity (Wildman–Crippen MR) is 114 cm³/mol. The zero-order valence-corrected chi connectivity index (χ0v) is 17.8. The van der Waals surface area contributed by atoms with Gasteiger partial charge in [0, 0.05) is 30.3 Å². The van der Waals surface area contributed by atoms with Gasteiger partial charge in [-0.1, -0.05) is 13.0 Å². The maximum Gasteiger partial charge on any atom is 0.251 e. The Kier molecular flexibility index (Phi) is 8.37. The molecule has 2 aromatic carbocycles. The average Bonchev–Trinajstić information content (AvgIpc) is 2.72. The Morgan fingerprint density at radius 1 is 0.967 bits per heavy atom. The zero-order chi connectivity index (χ0) is 22.1. The first-order chi connectivity index (χ1) is 14.2. The Bertz CT molecular complexity index is 974. The van der Waals surface area contributed by atoms with E-state index < -0.39 is 10.0 Å². The number of amides is 2. The minimum absolute atomic E-state index is 0.0180. The number of rotatable bonds is 10.